The number of allylic oxidation sites excluding steroid dienone is 2. The maximum absolute atomic E-state index is 12.5. The van der Waals surface area contributed by atoms with E-state index in [4.69, 9.17) is 4.74 Å². The van der Waals surface area contributed by atoms with Gasteiger partial charge in [-0.25, -0.2) is 4.79 Å². The molecule has 2 saturated carbocycles. The van der Waals surface area contributed by atoms with Gasteiger partial charge in [0, 0.05) is 11.5 Å². The van der Waals surface area contributed by atoms with E-state index in [1.807, 2.05) is 13.0 Å². The Kier molecular flexibility index (Phi) is 7.58. The first kappa shape index (κ1) is 25.3. The number of phenolic OH excluding ortho intramolecular Hbond substituents is 1. The Morgan fingerprint density at radius 3 is 2.55 bits per heavy atom. The van der Waals surface area contributed by atoms with E-state index in [-0.39, 0.29) is 28.5 Å². The van der Waals surface area contributed by atoms with Crippen LogP contribution in [0.2, 0.25) is 0 Å². The van der Waals surface area contributed by atoms with Gasteiger partial charge in [-0.2, -0.15) is 0 Å². The minimum atomic E-state index is -0.700. The molecule has 0 heterocycles. The monoisotopic (exact) mass is 452 g/mol. The fourth-order valence-corrected chi connectivity index (χ4v) is 6.71. The van der Waals surface area contributed by atoms with Gasteiger partial charge < -0.3 is 14.9 Å². The summed E-state index contributed by atoms with van der Waals surface area (Å²) in [6, 6.07) is 6.69. The Balaban J connectivity index is 1.71. The van der Waals surface area contributed by atoms with E-state index in [1.165, 1.54) is 6.08 Å². The number of esters is 1. The third-order valence-electron chi connectivity index (χ3n) is 8.48. The van der Waals surface area contributed by atoms with Gasteiger partial charge in [0.25, 0.3) is 0 Å². The summed E-state index contributed by atoms with van der Waals surface area (Å²) in [7, 11) is 0. The number of carbonyl (C=O) groups excluding carboxylic acids is 1. The number of aromatic hydroxyl groups is 1. The van der Waals surface area contributed by atoms with Crippen LogP contribution in [0.3, 0.4) is 0 Å². The van der Waals surface area contributed by atoms with Crippen LogP contribution in [0, 0.1) is 22.7 Å². The molecule has 0 spiro atoms. The quantitative estimate of drug-likeness (QED) is 0.270. The highest BCUT2D eigenvalue weighted by Gasteiger charge is 2.59. The third-order valence-corrected chi connectivity index (χ3v) is 8.48. The van der Waals surface area contributed by atoms with Crippen molar-refractivity contribution in [2.75, 3.05) is 6.61 Å². The van der Waals surface area contributed by atoms with Gasteiger partial charge in [0.1, 0.15) is 5.75 Å². The molecule has 3 rings (SSSR count). The minimum Gasteiger partial charge on any atom is -0.508 e. The lowest BCUT2D eigenvalue weighted by atomic mass is 9.45. The van der Waals surface area contributed by atoms with Crippen molar-refractivity contribution in [1.29, 1.82) is 0 Å². The molecular weight excluding hydrogens is 412 g/mol. The zero-order chi connectivity index (χ0) is 24.3. The molecule has 1 aromatic carbocycles. The van der Waals surface area contributed by atoms with Crippen LogP contribution in [0.5, 0.6) is 5.75 Å². The van der Waals surface area contributed by atoms with Gasteiger partial charge >= 0.3 is 5.97 Å². The van der Waals surface area contributed by atoms with Crippen molar-refractivity contribution in [1.82, 2.24) is 0 Å². The second kappa shape index (κ2) is 9.89. The van der Waals surface area contributed by atoms with Crippen molar-refractivity contribution in [2.45, 2.75) is 71.3 Å². The molecule has 2 aliphatic carbocycles. The molecule has 2 N–H and O–H groups in total. The van der Waals surface area contributed by atoms with Crippen LogP contribution < -0.4 is 0 Å². The molecule has 1 aromatic rings. The molecule has 5 atom stereocenters. The van der Waals surface area contributed by atoms with E-state index >= 15 is 0 Å². The molecule has 2 aliphatic rings. The Labute approximate surface area is 199 Å². The highest BCUT2D eigenvalue weighted by molar-refractivity contribution is 5.87. The zero-order valence-corrected chi connectivity index (χ0v) is 20.5. The number of ether oxygens (including phenoxy) is 1. The van der Waals surface area contributed by atoms with Crippen LogP contribution in [0.25, 0.3) is 6.08 Å². The van der Waals surface area contributed by atoms with Gasteiger partial charge in [0.15, 0.2) is 0 Å². The van der Waals surface area contributed by atoms with Crippen LogP contribution in [0.15, 0.2) is 55.1 Å². The second-order valence-corrected chi connectivity index (χ2v) is 10.9. The molecule has 2 fully saturated rings. The molecule has 180 valence electrons. The van der Waals surface area contributed by atoms with Crippen LogP contribution in [-0.2, 0) is 9.53 Å². The summed E-state index contributed by atoms with van der Waals surface area (Å²) in [4.78, 5) is 12.5. The normalized spacial score (nSPS) is 33.9. The second-order valence-electron chi connectivity index (χ2n) is 10.9. The summed E-state index contributed by atoms with van der Waals surface area (Å²) in [5, 5.41) is 20.7. The maximum Gasteiger partial charge on any atom is 0.330 e. The molecule has 0 amide bonds. The van der Waals surface area contributed by atoms with Crippen LogP contribution in [-0.4, -0.2) is 28.4 Å². The Hall–Kier alpha value is -2.33. The van der Waals surface area contributed by atoms with Gasteiger partial charge in [-0.3, -0.25) is 0 Å². The number of hydrogen-bond acceptors (Lipinski definition) is 4. The van der Waals surface area contributed by atoms with E-state index in [9.17, 15) is 15.0 Å². The van der Waals surface area contributed by atoms with E-state index in [0.717, 1.165) is 56.1 Å². The number of carbonyl (C=O) groups is 1. The molecule has 0 bridgehead atoms. The molecule has 4 nitrogen and oxygen atoms in total. The van der Waals surface area contributed by atoms with Gasteiger partial charge in [-0.05, 0) is 86.5 Å². The summed E-state index contributed by atoms with van der Waals surface area (Å²) < 4.78 is 5.76. The lowest BCUT2D eigenvalue weighted by Crippen LogP contribution is -2.59. The van der Waals surface area contributed by atoms with Crippen LogP contribution in [0.4, 0.5) is 0 Å². The Morgan fingerprint density at radius 1 is 1.18 bits per heavy atom. The zero-order valence-electron chi connectivity index (χ0n) is 20.5. The number of aliphatic hydroxyl groups is 1. The number of hydrogen-bond donors (Lipinski definition) is 2. The van der Waals surface area contributed by atoms with Gasteiger partial charge in [-0.15, -0.1) is 0 Å². The molecule has 4 heteroatoms. The maximum atomic E-state index is 12.5. The third kappa shape index (κ3) is 5.60. The average molecular weight is 453 g/mol. The minimum absolute atomic E-state index is 0.00944. The summed E-state index contributed by atoms with van der Waals surface area (Å²) in [6.45, 7) is 14.9. The number of fused-ring (bicyclic) bond motifs is 1. The summed E-state index contributed by atoms with van der Waals surface area (Å²) in [6.07, 6.45) is 11.6. The first-order valence-corrected chi connectivity index (χ1v) is 12.2. The van der Waals surface area contributed by atoms with E-state index in [1.54, 1.807) is 30.3 Å². The summed E-state index contributed by atoms with van der Waals surface area (Å²) >= 11 is 0. The fourth-order valence-electron chi connectivity index (χ4n) is 6.71. The predicted molar refractivity (Wildman–Crippen MR) is 134 cm³/mol. The molecule has 0 radical (unpaired) electrons. The highest BCUT2D eigenvalue weighted by atomic mass is 16.5. The SMILES string of the molecule is C=CC(=C)CC[C@H]1[C@]2(C)CCCC(C)(COC(=O)/C=C/c3ccc(O)cc3)[C@H]2CC[C@@]1(C)O. The number of phenols is 1. The lowest BCUT2D eigenvalue weighted by Gasteiger charge is -2.61. The molecule has 0 aromatic heterocycles. The van der Waals surface area contributed by atoms with E-state index in [0.29, 0.717) is 12.5 Å². The van der Waals surface area contributed by atoms with Crippen molar-refractivity contribution in [2.24, 2.45) is 22.7 Å². The summed E-state index contributed by atoms with van der Waals surface area (Å²) in [5.74, 6) is 0.403. The van der Waals surface area contributed by atoms with Crippen molar-refractivity contribution in [3.63, 3.8) is 0 Å². The topological polar surface area (TPSA) is 66.8 Å². The number of benzene rings is 1. The fraction of sp³-hybridized carbons (Fsp3) is 0.552. The van der Waals surface area contributed by atoms with Crippen molar-refractivity contribution in [3.8, 4) is 5.75 Å². The predicted octanol–water partition coefficient (Wildman–Crippen LogP) is 6.44. The van der Waals surface area contributed by atoms with Crippen molar-refractivity contribution >= 4 is 12.0 Å². The first-order valence-electron chi connectivity index (χ1n) is 12.2. The average Bonchev–Trinajstić information content (AvgIpc) is 2.76. The molecule has 33 heavy (non-hydrogen) atoms. The lowest BCUT2D eigenvalue weighted by molar-refractivity contribution is -0.185. The summed E-state index contributed by atoms with van der Waals surface area (Å²) in [5.41, 5.74) is 1.03. The van der Waals surface area contributed by atoms with Crippen molar-refractivity contribution in [3.05, 3.63) is 60.7 Å². The molecule has 1 unspecified atom stereocenters. The van der Waals surface area contributed by atoms with Crippen molar-refractivity contribution < 1.29 is 19.7 Å². The molecule has 0 saturated heterocycles. The van der Waals surface area contributed by atoms with Gasteiger partial charge in [0.05, 0.1) is 12.2 Å². The Bertz CT molecular complexity index is 897. The standard InChI is InChI=1S/C29H40O4/c1-6-21(2)8-14-25-28(4)18-7-17-27(3,24(28)16-19-29(25,5)32)20-33-26(31)15-11-22-9-12-23(30)13-10-22/h6,9-13,15,24-25,30,32H,1-2,7-8,14,16-20H2,3-5H3/b15-11+/t24-,25+,27?,28-,29-/m1/s1. The Morgan fingerprint density at radius 2 is 1.88 bits per heavy atom. The number of rotatable bonds is 8. The van der Waals surface area contributed by atoms with E-state index in [2.05, 4.69) is 27.0 Å². The first-order chi connectivity index (χ1) is 15.5. The molecular formula is C29H40O4. The molecule has 0 aliphatic heterocycles. The highest BCUT2D eigenvalue weighted by Crippen LogP contribution is 2.63. The van der Waals surface area contributed by atoms with Gasteiger partial charge in [-0.1, -0.05) is 57.2 Å². The van der Waals surface area contributed by atoms with E-state index < -0.39 is 5.60 Å². The van der Waals surface area contributed by atoms with Crippen LogP contribution >= 0.6 is 0 Å². The smallest absolute Gasteiger partial charge is 0.330 e. The van der Waals surface area contributed by atoms with Crippen LogP contribution in [0.1, 0.15) is 71.3 Å². The van der Waals surface area contributed by atoms with Gasteiger partial charge in [0.2, 0.25) is 0 Å². The largest absolute Gasteiger partial charge is 0.508 e.